The number of nitrogens with zero attached hydrogens (tertiary/aromatic N) is 3. The van der Waals surface area contributed by atoms with E-state index in [0.717, 1.165) is 31.2 Å². The highest BCUT2D eigenvalue weighted by molar-refractivity contribution is 7.89. The third-order valence-electron chi connectivity index (χ3n) is 4.98. The number of sulfonamides is 1. The summed E-state index contributed by atoms with van der Waals surface area (Å²) in [7, 11) is -3.77. The summed E-state index contributed by atoms with van der Waals surface area (Å²) in [5.74, 6) is 0.986. The Morgan fingerprint density at radius 3 is 2.93 bits per heavy atom. The Bertz CT molecular complexity index is 926. The predicted molar refractivity (Wildman–Crippen MR) is 94.0 cm³/mol. The molecular weight excluding hydrogens is 373 g/mol. The number of aryl methyl sites for hydroxylation is 1. The highest BCUT2D eigenvalue weighted by Crippen LogP contribution is 2.38. The average molecular weight is 395 g/mol. The van der Waals surface area contributed by atoms with Crippen LogP contribution in [-0.4, -0.2) is 42.1 Å². The van der Waals surface area contributed by atoms with Crippen LogP contribution in [0.25, 0.3) is 0 Å². The molecule has 1 aromatic carbocycles. The second-order valence-electron chi connectivity index (χ2n) is 7.17. The Hall–Kier alpha value is -1.84. The molecule has 2 aliphatic rings. The molecule has 1 unspecified atom stereocenters. The van der Waals surface area contributed by atoms with E-state index in [1.54, 1.807) is 6.92 Å². The van der Waals surface area contributed by atoms with Crippen molar-refractivity contribution in [1.82, 2.24) is 14.4 Å². The molecule has 0 spiro atoms. The monoisotopic (exact) mass is 395 g/mol. The molecule has 0 bridgehead atoms. The Kier molecular flexibility index (Phi) is 5.00. The Morgan fingerprint density at radius 1 is 1.33 bits per heavy atom. The number of aromatic nitrogens is 2. The van der Waals surface area contributed by atoms with Crippen LogP contribution in [0.5, 0.6) is 0 Å². The molecular formula is C18H22FN3O4S. The minimum Gasteiger partial charge on any atom is -0.367 e. The minimum atomic E-state index is -3.77. The Labute approximate surface area is 157 Å². The van der Waals surface area contributed by atoms with E-state index in [1.165, 1.54) is 16.4 Å². The first kappa shape index (κ1) is 18.5. The zero-order valence-electron chi connectivity index (χ0n) is 15.1. The molecule has 2 aromatic rings. The summed E-state index contributed by atoms with van der Waals surface area (Å²) in [4.78, 5) is 4.33. The van der Waals surface area contributed by atoms with E-state index in [0.29, 0.717) is 30.3 Å². The van der Waals surface area contributed by atoms with Gasteiger partial charge in [-0.25, -0.2) is 12.8 Å². The molecule has 0 radical (unpaired) electrons. The lowest BCUT2D eigenvalue weighted by Gasteiger charge is -2.32. The summed E-state index contributed by atoms with van der Waals surface area (Å²) in [5, 5.41) is 3.95. The fourth-order valence-electron chi connectivity index (χ4n) is 3.27. The summed E-state index contributed by atoms with van der Waals surface area (Å²) < 4.78 is 51.8. The first-order valence-corrected chi connectivity index (χ1v) is 10.6. The van der Waals surface area contributed by atoms with Gasteiger partial charge >= 0.3 is 0 Å². The van der Waals surface area contributed by atoms with Crippen molar-refractivity contribution >= 4 is 10.0 Å². The molecule has 1 aliphatic heterocycles. The van der Waals surface area contributed by atoms with Crippen molar-refractivity contribution in [2.45, 2.75) is 56.1 Å². The van der Waals surface area contributed by atoms with E-state index >= 15 is 0 Å². The lowest BCUT2D eigenvalue weighted by Crippen LogP contribution is -2.43. The summed E-state index contributed by atoms with van der Waals surface area (Å²) in [5.41, 5.74) is 0.526. The van der Waals surface area contributed by atoms with Crippen LogP contribution in [0.1, 0.15) is 48.9 Å². The van der Waals surface area contributed by atoms with Crippen LogP contribution < -0.4 is 0 Å². The first-order chi connectivity index (χ1) is 12.9. The maximum absolute atomic E-state index is 13.6. The van der Waals surface area contributed by atoms with Crippen LogP contribution in [0, 0.1) is 12.7 Å². The van der Waals surface area contributed by atoms with Crippen LogP contribution in [0.4, 0.5) is 4.39 Å². The van der Waals surface area contributed by atoms with Crippen LogP contribution in [0.2, 0.25) is 0 Å². The highest BCUT2D eigenvalue weighted by atomic mass is 32.2. The van der Waals surface area contributed by atoms with E-state index in [1.807, 2.05) is 0 Å². The first-order valence-electron chi connectivity index (χ1n) is 9.14. The quantitative estimate of drug-likeness (QED) is 0.748. The van der Waals surface area contributed by atoms with Gasteiger partial charge in [-0.3, -0.25) is 0 Å². The fraction of sp³-hybridized carbons (Fsp3) is 0.556. The van der Waals surface area contributed by atoms with Crippen molar-refractivity contribution in [2.24, 2.45) is 0 Å². The molecule has 146 valence electrons. The van der Waals surface area contributed by atoms with Crippen LogP contribution in [0.3, 0.4) is 0 Å². The normalized spacial score (nSPS) is 21.5. The van der Waals surface area contributed by atoms with Crippen LogP contribution >= 0.6 is 0 Å². The second kappa shape index (κ2) is 7.29. The molecule has 1 saturated carbocycles. The zero-order valence-corrected chi connectivity index (χ0v) is 15.9. The summed E-state index contributed by atoms with van der Waals surface area (Å²) in [6, 6.07) is 3.82. The van der Waals surface area contributed by atoms with Gasteiger partial charge in [0.25, 0.3) is 5.89 Å². The molecule has 7 nitrogen and oxygen atoms in total. The second-order valence-corrected chi connectivity index (χ2v) is 9.08. The molecule has 0 amide bonds. The molecule has 1 atom stereocenters. The van der Waals surface area contributed by atoms with Crippen molar-refractivity contribution < 1.29 is 22.1 Å². The van der Waals surface area contributed by atoms with Crippen molar-refractivity contribution in [3.63, 3.8) is 0 Å². The SMILES string of the molecule is Cc1ccc(F)cc1S(=O)(=O)N1CCCC(OCc2nc(C3CC3)no2)C1. The van der Waals surface area contributed by atoms with E-state index in [4.69, 9.17) is 9.26 Å². The lowest BCUT2D eigenvalue weighted by molar-refractivity contribution is -0.00297. The summed E-state index contributed by atoms with van der Waals surface area (Å²) in [6.07, 6.45) is 3.34. The number of piperidine rings is 1. The van der Waals surface area contributed by atoms with E-state index in [-0.39, 0.29) is 24.2 Å². The maximum Gasteiger partial charge on any atom is 0.252 e. The van der Waals surface area contributed by atoms with Gasteiger partial charge in [0.1, 0.15) is 12.4 Å². The Morgan fingerprint density at radius 2 is 2.15 bits per heavy atom. The van der Waals surface area contributed by atoms with Gasteiger partial charge in [0.15, 0.2) is 5.82 Å². The molecule has 2 heterocycles. The number of ether oxygens (including phenoxy) is 1. The maximum atomic E-state index is 13.6. The third-order valence-corrected chi connectivity index (χ3v) is 6.98. The van der Waals surface area contributed by atoms with Gasteiger partial charge in [-0.15, -0.1) is 0 Å². The molecule has 1 saturated heterocycles. The van der Waals surface area contributed by atoms with E-state index in [2.05, 4.69) is 10.1 Å². The van der Waals surface area contributed by atoms with Gasteiger partial charge in [0, 0.05) is 19.0 Å². The van der Waals surface area contributed by atoms with Crippen LogP contribution in [0.15, 0.2) is 27.6 Å². The van der Waals surface area contributed by atoms with Crippen LogP contribution in [-0.2, 0) is 21.4 Å². The van der Waals surface area contributed by atoms with Gasteiger partial charge in [-0.05, 0) is 50.3 Å². The molecule has 1 aliphatic carbocycles. The number of hydrogen-bond acceptors (Lipinski definition) is 6. The molecule has 0 N–H and O–H groups in total. The topological polar surface area (TPSA) is 85.5 Å². The smallest absolute Gasteiger partial charge is 0.252 e. The van der Waals surface area contributed by atoms with Crippen molar-refractivity contribution in [3.8, 4) is 0 Å². The van der Waals surface area contributed by atoms with Crippen molar-refractivity contribution in [2.75, 3.05) is 13.1 Å². The van der Waals surface area contributed by atoms with Gasteiger partial charge in [-0.1, -0.05) is 11.2 Å². The van der Waals surface area contributed by atoms with Gasteiger partial charge < -0.3 is 9.26 Å². The molecule has 9 heteroatoms. The number of benzene rings is 1. The molecule has 1 aromatic heterocycles. The largest absolute Gasteiger partial charge is 0.367 e. The Balaban J connectivity index is 1.41. The standard InChI is InChI=1S/C18H22FN3O4S/c1-12-4-7-14(19)9-16(12)27(23,24)22-8-2-3-15(10-22)25-11-17-20-18(21-26-17)13-5-6-13/h4,7,9,13,15H,2-3,5-6,8,10-11H2,1H3. The highest BCUT2D eigenvalue weighted by Gasteiger charge is 2.32. The van der Waals surface area contributed by atoms with Gasteiger partial charge in [0.2, 0.25) is 10.0 Å². The predicted octanol–water partition coefficient (Wildman–Crippen LogP) is 2.76. The summed E-state index contributed by atoms with van der Waals surface area (Å²) in [6.45, 7) is 2.45. The minimum absolute atomic E-state index is 0.00845. The number of hydrogen-bond donors (Lipinski definition) is 0. The third kappa shape index (κ3) is 4.04. The zero-order chi connectivity index (χ0) is 19.0. The average Bonchev–Trinajstić information content (AvgIpc) is 3.40. The summed E-state index contributed by atoms with van der Waals surface area (Å²) >= 11 is 0. The lowest BCUT2D eigenvalue weighted by atomic mass is 10.1. The van der Waals surface area contributed by atoms with E-state index in [9.17, 15) is 12.8 Å². The number of rotatable bonds is 6. The van der Waals surface area contributed by atoms with Crippen molar-refractivity contribution in [3.05, 3.63) is 41.3 Å². The van der Waals surface area contributed by atoms with Gasteiger partial charge in [0.05, 0.1) is 11.0 Å². The molecule has 2 fully saturated rings. The molecule has 27 heavy (non-hydrogen) atoms. The van der Waals surface area contributed by atoms with Gasteiger partial charge in [-0.2, -0.15) is 9.29 Å². The fourth-order valence-corrected chi connectivity index (χ4v) is 5.02. The van der Waals surface area contributed by atoms with Crippen molar-refractivity contribution in [1.29, 1.82) is 0 Å². The molecule has 4 rings (SSSR count). The van der Waals surface area contributed by atoms with E-state index < -0.39 is 15.8 Å². The number of halogens is 1.